The fourth-order valence-corrected chi connectivity index (χ4v) is 1.58. The second-order valence-electron chi connectivity index (χ2n) is 3.30. The molecule has 6 nitrogen and oxygen atoms in total. The van der Waals surface area contributed by atoms with E-state index in [9.17, 15) is 0 Å². The van der Waals surface area contributed by atoms with E-state index < -0.39 is 0 Å². The first-order valence-electron chi connectivity index (χ1n) is 4.71. The summed E-state index contributed by atoms with van der Waals surface area (Å²) in [6.07, 6.45) is 5.10. The van der Waals surface area contributed by atoms with Crippen LogP contribution < -0.4 is 5.73 Å². The fraction of sp³-hybridized carbons (Fsp3) is 0. The Morgan fingerprint density at radius 3 is 2.75 bits per heavy atom. The molecule has 0 aliphatic rings. The lowest BCUT2D eigenvalue weighted by Crippen LogP contribution is -1.97. The first kappa shape index (κ1) is 8.78. The van der Waals surface area contributed by atoms with Crippen LogP contribution in [-0.2, 0) is 0 Å². The number of hydrogen-bond donors (Lipinski definition) is 2. The van der Waals surface area contributed by atoms with Crippen molar-refractivity contribution in [1.29, 1.82) is 0 Å². The molecular weight excluding hydrogens is 204 g/mol. The van der Waals surface area contributed by atoms with Crippen molar-refractivity contribution in [3.63, 3.8) is 0 Å². The van der Waals surface area contributed by atoms with Crippen LogP contribution in [0.1, 0.15) is 0 Å². The molecule has 16 heavy (non-hydrogen) atoms. The van der Waals surface area contributed by atoms with Crippen LogP contribution in [0.3, 0.4) is 0 Å². The van der Waals surface area contributed by atoms with Gasteiger partial charge in [0.25, 0.3) is 0 Å². The summed E-state index contributed by atoms with van der Waals surface area (Å²) in [5.41, 5.74) is 7.98. The average Bonchev–Trinajstić information content (AvgIpc) is 2.77. The van der Waals surface area contributed by atoms with Crippen molar-refractivity contribution >= 4 is 17.0 Å². The lowest BCUT2D eigenvalue weighted by Gasteiger charge is -2.02. The molecule has 0 aliphatic carbocycles. The number of aromatic amines is 1. The van der Waals surface area contributed by atoms with Gasteiger partial charge >= 0.3 is 0 Å². The van der Waals surface area contributed by atoms with Crippen molar-refractivity contribution in [2.24, 2.45) is 0 Å². The first-order valence-corrected chi connectivity index (χ1v) is 4.71. The smallest absolute Gasteiger partial charge is 0.222 e. The van der Waals surface area contributed by atoms with Gasteiger partial charge in [-0.3, -0.25) is 10.1 Å². The second-order valence-corrected chi connectivity index (χ2v) is 3.30. The molecule has 0 spiro atoms. The first-order chi connectivity index (χ1) is 7.84. The minimum Gasteiger partial charge on any atom is -0.368 e. The van der Waals surface area contributed by atoms with Gasteiger partial charge in [-0.25, -0.2) is 4.98 Å². The number of nitrogens with one attached hydrogen (secondary N) is 1. The van der Waals surface area contributed by atoms with Crippen LogP contribution in [-0.4, -0.2) is 25.1 Å². The summed E-state index contributed by atoms with van der Waals surface area (Å²) in [4.78, 5) is 12.2. The molecule has 0 aliphatic heterocycles. The highest BCUT2D eigenvalue weighted by molar-refractivity contribution is 5.90. The van der Waals surface area contributed by atoms with Crippen LogP contribution in [0.2, 0.25) is 0 Å². The lowest BCUT2D eigenvalue weighted by atomic mass is 10.1. The number of nitrogens with two attached hydrogens (primary N) is 1. The Balaban J connectivity index is 2.34. The molecule has 0 amide bonds. The average molecular weight is 212 g/mol. The summed E-state index contributed by atoms with van der Waals surface area (Å²) in [6.45, 7) is 0. The predicted molar refractivity (Wildman–Crippen MR) is 59.3 cm³/mol. The Hall–Kier alpha value is -2.50. The molecule has 0 bridgehead atoms. The third-order valence-corrected chi connectivity index (χ3v) is 2.28. The summed E-state index contributed by atoms with van der Waals surface area (Å²) in [5.74, 6) is 0.226. The summed E-state index contributed by atoms with van der Waals surface area (Å²) in [6, 6.07) is 3.74. The Labute approximate surface area is 90.6 Å². The van der Waals surface area contributed by atoms with E-state index in [4.69, 9.17) is 5.73 Å². The van der Waals surface area contributed by atoms with E-state index in [2.05, 4.69) is 25.1 Å². The quantitative estimate of drug-likeness (QED) is 0.627. The standard InChI is InChI=1S/C10H8N6/c11-10-14-8(6-1-3-12-4-2-6)7-5-13-16-9(7)15-10/h1-5H,(H3,11,13,14,15,16). The van der Waals surface area contributed by atoms with Crippen LogP contribution >= 0.6 is 0 Å². The van der Waals surface area contributed by atoms with Gasteiger partial charge in [-0.2, -0.15) is 10.1 Å². The van der Waals surface area contributed by atoms with E-state index >= 15 is 0 Å². The molecule has 3 N–H and O–H groups in total. The maximum absolute atomic E-state index is 5.64. The van der Waals surface area contributed by atoms with Gasteiger partial charge in [0.15, 0.2) is 5.65 Å². The molecule has 78 valence electrons. The third-order valence-electron chi connectivity index (χ3n) is 2.28. The van der Waals surface area contributed by atoms with Crippen molar-refractivity contribution < 1.29 is 0 Å². The molecule has 0 unspecified atom stereocenters. The number of nitrogens with zero attached hydrogens (tertiary/aromatic N) is 4. The SMILES string of the molecule is Nc1nc(-c2ccncc2)c2cn[nH]c2n1. The normalized spacial score (nSPS) is 10.8. The Morgan fingerprint density at radius 2 is 1.94 bits per heavy atom. The molecule has 3 rings (SSSR count). The van der Waals surface area contributed by atoms with E-state index in [0.717, 1.165) is 16.6 Å². The number of pyridine rings is 1. The van der Waals surface area contributed by atoms with Gasteiger partial charge in [0, 0.05) is 18.0 Å². The number of aromatic nitrogens is 5. The zero-order valence-electron chi connectivity index (χ0n) is 8.25. The molecule has 6 heteroatoms. The number of fused-ring (bicyclic) bond motifs is 1. The molecule has 0 saturated carbocycles. The summed E-state index contributed by atoms with van der Waals surface area (Å²) in [7, 11) is 0. The lowest BCUT2D eigenvalue weighted by molar-refractivity contribution is 1.09. The Kier molecular flexibility index (Phi) is 1.79. The molecule has 3 aromatic rings. The van der Waals surface area contributed by atoms with Gasteiger partial charge < -0.3 is 5.73 Å². The monoisotopic (exact) mass is 212 g/mol. The van der Waals surface area contributed by atoms with E-state index in [-0.39, 0.29) is 5.95 Å². The molecule has 0 radical (unpaired) electrons. The highest BCUT2D eigenvalue weighted by Crippen LogP contribution is 2.24. The van der Waals surface area contributed by atoms with Gasteiger partial charge in [-0.1, -0.05) is 0 Å². The number of H-pyrrole nitrogens is 1. The van der Waals surface area contributed by atoms with Gasteiger partial charge in [0.2, 0.25) is 5.95 Å². The Morgan fingerprint density at radius 1 is 1.12 bits per heavy atom. The zero-order valence-corrected chi connectivity index (χ0v) is 8.25. The van der Waals surface area contributed by atoms with E-state index in [1.807, 2.05) is 12.1 Å². The van der Waals surface area contributed by atoms with Crippen molar-refractivity contribution in [2.45, 2.75) is 0 Å². The maximum Gasteiger partial charge on any atom is 0.222 e. The van der Waals surface area contributed by atoms with Crippen LogP contribution in [0.15, 0.2) is 30.7 Å². The van der Waals surface area contributed by atoms with E-state index in [0.29, 0.717) is 5.65 Å². The van der Waals surface area contributed by atoms with Crippen LogP contribution in [0.4, 0.5) is 5.95 Å². The molecular formula is C10H8N6. The van der Waals surface area contributed by atoms with Gasteiger partial charge in [0.05, 0.1) is 17.3 Å². The maximum atomic E-state index is 5.64. The van der Waals surface area contributed by atoms with Crippen molar-refractivity contribution in [3.05, 3.63) is 30.7 Å². The summed E-state index contributed by atoms with van der Waals surface area (Å²) < 4.78 is 0. The largest absolute Gasteiger partial charge is 0.368 e. The number of hydrogen-bond acceptors (Lipinski definition) is 5. The molecule has 0 atom stereocenters. The summed E-state index contributed by atoms with van der Waals surface area (Å²) in [5, 5.41) is 7.55. The molecule has 0 fully saturated rings. The number of nitrogen functional groups attached to an aromatic ring is 1. The number of anilines is 1. The van der Waals surface area contributed by atoms with Gasteiger partial charge in [0.1, 0.15) is 0 Å². The fourth-order valence-electron chi connectivity index (χ4n) is 1.58. The third kappa shape index (κ3) is 1.28. The molecule has 0 saturated heterocycles. The van der Waals surface area contributed by atoms with Crippen LogP contribution in [0.5, 0.6) is 0 Å². The minimum absolute atomic E-state index is 0.226. The van der Waals surface area contributed by atoms with Crippen LogP contribution in [0.25, 0.3) is 22.3 Å². The highest BCUT2D eigenvalue weighted by Gasteiger charge is 2.09. The van der Waals surface area contributed by atoms with Crippen molar-refractivity contribution in [3.8, 4) is 11.3 Å². The van der Waals surface area contributed by atoms with E-state index in [1.165, 1.54) is 0 Å². The topological polar surface area (TPSA) is 93.4 Å². The van der Waals surface area contributed by atoms with E-state index in [1.54, 1.807) is 18.6 Å². The predicted octanol–water partition coefficient (Wildman–Crippen LogP) is 0.997. The minimum atomic E-state index is 0.226. The molecule has 0 aromatic carbocycles. The second kappa shape index (κ2) is 3.27. The molecule has 3 heterocycles. The highest BCUT2D eigenvalue weighted by atomic mass is 15.2. The van der Waals surface area contributed by atoms with Crippen molar-refractivity contribution in [2.75, 3.05) is 5.73 Å². The van der Waals surface area contributed by atoms with Crippen LogP contribution in [0, 0.1) is 0 Å². The van der Waals surface area contributed by atoms with Gasteiger partial charge in [-0.05, 0) is 12.1 Å². The summed E-state index contributed by atoms with van der Waals surface area (Å²) >= 11 is 0. The Bertz CT molecular complexity index is 630. The van der Waals surface area contributed by atoms with Crippen molar-refractivity contribution in [1.82, 2.24) is 25.1 Å². The zero-order chi connectivity index (χ0) is 11.0. The molecule has 3 aromatic heterocycles. The number of rotatable bonds is 1. The van der Waals surface area contributed by atoms with Gasteiger partial charge in [-0.15, -0.1) is 0 Å².